The zero-order valence-electron chi connectivity index (χ0n) is 27.7. The van der Waals surface area contributed by atoms with Crippen LogP contribution in [-0.2, 0) is 29.5 Å². The molecule has 1 aromatic rings. The summed E-state index contributed by atoms with van der Waals surface area (Å²) in [6.07, 6.45) is -0.377. The van der Waals surface area contributed by atoms with E-state index in [9.17, 15) is 14.4 Å². The minimum atomic E-state index is -2.44. The average molecular weight is 642 g/mol. The number of amides is 1. The number of ether oxygens (including phenoxy) is 1. The predicted molar refractivity (Wildman–Crippen MR) is 171 cm³/mol. The van der Waals surface area contributed by atoms with Gasteiger partial charge in [0.2, 0.25) is 12.5 Å². The lowest BCUT2D eigenvalue weighted by Crippen LogP contribution is -2.49. The van der Waals surface area contributed by atoms with Crippen molar-refractivity contribution in [2.75, 3.05) is 20.2 Å². The second-order valence-corrected chi connectivity index (χ2v) is 19.1. The molecule has 2 unspecified atom stereocenters. The Morgan fingerprint density at radius 1 is 1.23 bits per heavy atom. The largest absolute Gasteiger partial charge is 0.408 e. The van der Waals surface area contributed by atoms with Crippen LogP contribution in [0.1, 0.15) is 79.9 Å². The third-order valence-corrected chi connectivity index (χ3v) is 14.6. The van der Waals surface area contributed by atoms with Gasteiger partial charge in [-0.1, -0.05) is 27.7 Å². The van der Waals surface area contributed by atoms with Gasteiger partial charge in [-0.3, -0.25) is 19.1 Å². The zero-order chi connectivity index (χ0) is 32.7. The Labute approximate surface area is 258 Å². The Bertz CT molecular complexity index is 1220. The Morgan fingerprint density at radius 2 is 1.86 bits per heavy atom. The number of nitrogens with one attached hydrogen (secondary N) is 2. The molecule has 1 aliphatic rings. The molecule has 1 amide bonds. The SMILES string of the molecule is [C-]#[N+]CCOP(OC1[C@@H](CC)O[C@@H](c2cn(CCC(=O)NC)c(=O)[nH]c2=O)[C@H]1O[Si](C)(C)C(C)(C)C)N(C(C)C)C(C)C. The molecule has 2 heterocycles. The summed E-state index contributed by atoms with van der Waals surface area (Å²) in [6.45, 7) is 28.8. The summed E-state index contributed by atoms with van der Waals surface area (Å²) in [5.41, 5.74) is -0.918. The van der Waals surface area contributed by atoms with Gasteiger partial charge in [-0.15, -0.1) is 0 Å². The molecule has 1 aliphatic heterocycles. The van der Waals surface area contributed by atoms with E-state index in [2.05, 4.69) is 81.4 Å². The zero-order valence-corrected chi connectivity index (χ0v) is 29.6. The summed E-state index contributed by atoms with van der Waals surface area (Å²) < 4.78 is 30.2. The van der Waals surface area contributed by atoms with Crippen molar-refractivity contribution in [1.29, 1.82) is 0 Å². The highest BCUT2D eigenvalue weighted by atomic mass is 31.2. The number of aryl methyl sites for hydroxylation is 1. The van der Waals surface area contributed by atoms with E-state index in [1.807, 2.05) is 6.92 Å². The second-order valence-electron chi connectivity index (χ2n) is 12.9. The summed E-state index contributed by atoms with van der Waals surface area (Å²) in [7, 11) is -2.52. The van der Waals surface area contributed by atoms with Crippen molar-refractivity contribution >= 4 is 22.8 Å². The lowest BCUT2D eigenvalue weighted by Gasteiger charge is -2.42. The first kappa shape index (κ1) is 37.3. The van der Waals surface area contributed by atoms with Crippen LogP contribution in [-0.4, -0.2) is 79.0 Å². The van der Waals surface area contributed by atoms with Crippen molar-refractivity contribution in [2.24, 2.45) is 0 Å². The molecule has 0 radical (unpaired) electrons. The summed E-state index contributed by atoms with van der Waals surface area (Å²) in [5, 5.41) is 2.40. The summed E-state index contributed by atoms with van der Waals surface area (Å²) in [6, 6.07) is 0.201. The number of carbonyl (C=O) groups is 1. The highest BCUT2D eigenvalue weighted by molar-refractivity contribution is 7.44. The molecule has 1 saturated heterocycles. The molecule has 1 aromatic heterocycles. The molecule has 244 valence electrons. The van der Waals surface area contributed by atoms with Crippen LogP contribution >= 0.6 is 8.53 Å². The highest BCUT2D eigenvalue weighted by Crippen LogP contribution is 2.52. The number of carbonyl (C=O) groups excluding carboxylic acids is 1. The molecular weight excluding hydrogens is 589 g/mol. The normalized spacial score (nSPS) is 21.9. The standard InChI is InChI=1S/C29H52N5O7PSi/c1-13-22-25(40-42(38-17-15-30-9)34(19(2)3)20(4)5)26(41-43(11,12)29(6,7)8)24(39-22)21-18-33(16-14-23(35)31-10)28(37)32-27(21)36/h18-20,22,24-26H,13-17H2,1-8,10-12H3,(H,31,35)(H,32,36,37)/t22-,24+,25?,26-,42?/m1/s1. The molecule has 43 heavy (non-hydrogen) atoms. The van der Waals surface area contributed by atoms with Crippen molar-refractivity contribution in [3.8, 4) is 0 Å². The molecular formula is C29H52N5O7PSi. The monoisotopic (exact) mass is 641 g/mol. The third kappa shape index (κ3) is 9.54. The topological polar surface area (TPSA) is 128 Å². The van der Waals surface area contributed by atoms with Crippen LogP contribution in [0.3, 0.4) is 0 Å². The van der Waals surface area contributed by atoms with Gasteiger partial charge in [0.1, 0.15) is 24.9 Å². The predicted octanol–water partition coefficient (Wildman–Crippen LogP) is 4.58. The van der Waals surface area contributed by atoms with E-state index in [1.165, 1.54) is 17.8 Å². The van der Waals surface area contributed by atoms with Gasteiger partial charge >= 0.3 is 5.69 Å². The van der Waals surface area contributed by atoms with Crippen molar-refractivity contribution in [3.63, 3.8) is 0 Å². The molecule has 0 aromatic carbocycles. The molecule has 14 heteroatoms. The summed E-state index contributed by atoms with van der Waals surface area (Å²) in [4.78, 5) is 43.7. The van der Waals surface area contributed by atoms with Gasteiger partial charge in [-0.05, 0) is 52.2 Å². The van der Waals surface area contributed by atoms with E-state index in [0.29, 0.717) is 6.42 Å². The van der Waals surface area contributed by atoms with E-state index < -0.39 is 52.5 Å². The quantitative estimate of drug-likeness (QED) is 0.123. The number of aromatic nitrogens is 2. The summed E-state index contributed by atoms with van der Waals surface area (Å²) in [5.74, 6) is -0.221. The van der Waals surface area contributed by atoms with E-state index >= 15 is 0 Å². The number of rotatable bonds is 15. The van der Waals surface area contributed by atoms with E-state index in [-0.39, 0.29) is 54.7 Å². The van der Waals surface area contributed by atoms with Crippen LogP contribution in [0.4, 0.5) is 0 Å². The molecule has 1 fully saturated rings. The fraction of sp³-hybridized carbons (Fsp3) is 0.793. The number of hydrogen-bond acceptors (Lipinski definition) is 8. The van der Waals surface area contributed by atoms with Crippen LogP contribution in [0.2, 0.25) is 18.1 Å². The molecule has 0 aliphatic carbocycles. The van der Waals surface area contributed by atoms with Gasteiger partial charge in [0.25, 0.3) is 14.1 Å². The van der Waals surface area contributed by atoms with Crippen LogP contribution in [0, 0.1) is 6.57 Å². The van der Waals surface area contributed by atoms with Gasteiger partial charge in [0, 0.05) is 38.3 Å². The van der Waals surface area contributed by atoms with Gasteiger partial charge < -0.3 is 28.4 Å². The van der Waals surface area contributed by atoms with E-state index in [4.69, 9.17) is 24.8 Å². The fourth-order valence-electron chi connectivity index (χ4n) is 4.72. The summed E-state index contributed by atoms with van der Waals surface area (Å²) >= 11 is 0. The van der Waals surface area contributed by atoms with Gasteiger partial charge in [-0.2, -0.15) is 0 Å². The van der Waals surface area contributed by atoms with Gasteiger partial charge in [-0.25, -0.2) is 16.0 Å². The number of hydrogen-bond donors (Lipinski definition) is 2. The number of H-pyrrole nitrogens is 1. The molecule has 12 nitrogen and oxygen atoms in total. The highest BCUT2D eigenvalue weighted by Gasteiger charge is 2.53. The molecule has 2 rings (SSSR count). The van der Waals surface area contributed by atoms with Crippen molar-refractivity contribution in [2.45, 2.75) is 129 Å². The lowest BCUT2D eigenvalue weighted by molar-refractivity contribution is -0.120. The Balaban J connectivity index is 2.66. The third-order valence-electron chi connectivity index (χ3n) is 8.02. The Kier molecular flexibility index (Phi) is 13.8. The smallest absolute Gasteiger partial charge is 0.328 e. The minimum Gasteiger partial charge on any atom is -0.408 e. The molecule has 0 spiro atoms. The lowest BCUT2D eigenvalue weighted by atomic mass is 10.0. The van der Waals surface area contributed by atoms with Crippen molar-refractivity contribution < 1.29 is 23.0 Å². The first-order valence-corrected chi connectivity index (χ1v) is 19.1. The molecule has 5 atom stereocenters. The van der Waals surface area contributed by atoms with E-state index in [0.717, 1.165) is 0 Å². The van der Waals surface area contributed by atoms with Crippen LogP contribution in [0.25, 0.3) is 4.85 Å². The second kappa shape index (κ2) is 15.9. The Morgan fingerprint density at radius 3 is 2.37 bits per heavy atom. The average Bonchev–Trinajstić information content (AvgIpc) is 3.22. The maximum Gasteiger partial charge on any atom is 0.328 e. The van der Waals surface area contributed by atoms with Crippen LogP contribution in [0.15, 0.2) is 15.8 Å². The van der Waals surface area contributed by atoms with Crippen LogP contribution in [0.5, 0.6) is 0 Å². The van der Waals surface area contributed by atoms with Gasteiger partial charge in [0.05, 0.1) is 11.7 Å². The first-order chi connectivity index (χ1) is 20.0. The molecule has 0 bridgehead atoms. The number of nitrogens with zero attached hydrogens (tertiary/aromatic N) is 3. The van der Waals surface area contributed by atoms with Gasteiger partial charge in [0.15, 0.2) is 8.32 Å². The fourth-order valence-corrected chi connectivity index (χ4v) is 7.77. The van der Waals surface area contributed by atoms with Crippen molar-refractivity contribution in [1.82, 2.24) is 19.5 Å². The maximum absolute atomic E-state index is 13.3. The first-order valence-electron chi connectivity index (χ1n) is 15.1. The minimum absolute atomic E-state index is 0.0765. The maximum atomic E-state index is 13.3. The molecule has 2 N–H and O–H groups in total. The van der Waals surface area contributed by atoms with Crippen LogP contribution < -0.4 is 16.6 Å². The van der Waals surface area contributed by atoms with E-state index in [1.54, 1.807) is 0 Å². The molecule has 0 saturated carbocycles. The number of aromatic amines is 1. The van der Waals surface area contributed by atoms with Crippen molar-refractivity contribution in [3.05, 3.63) is 44.0 Å². The Hall–Kier alpha value is -1.91.